The molecule has 0 fully saturated rings. The summed E-state index contributed by atoms with van der Waals surface area (Å²) >= 11 is 0. The number of nitrogens with zero attached hydrogens (tertiary/aromatic N) is 3. The van der Waals surface area contributed by atoms with Gasteiger partial charge < -0.3 is 58.5 Å². The third-order valence-corrected chi connectivity index (χ3v) is 24.5. The predicted octanol–water partition coefficient (Wildman–Crippen LogP) is 28.4. The van der Waals surface area contributed by atoms with Crippen molar-refractivity contribution in [3.63, 3.8) is 0 Å². The van der Waals surface area contributed by atoms with Gasteiger partial charge in [-0.25, -0.2) is 0 Å². The van der Waals surface area contributed by atoms with Gasteiger partial charge in [-0.2, -0.15) is 0 Å². The number of carbonyl (C=O) groups excluding carboxylic acids is 3. The largest absolute Gasteiger partial charge is 0.550 e. The number of carboxylic acids is 6. The second-order valence-electron chi connectivity index (χ2n) is 37.4. The average molecular weight is 1710 g/mol. The number of hydrogen-bond donors (Lipinski definition) is 3. The maximum Gasteiger partial charge on any atom is 0.303 e. The zero-order chi connectivity index (χ0) is 90.5. The molecule has 0 spiro atoms. The molecular formula is C105H213N3O12. The molecule has 0 unspecified atom stereocenters. The Labute approximate surface area is 747 Å². The fourth-order valence-corrected chi connectivity index (χ4v) is 16.2. The number of rotatable bonds is 90. The lowest BCUT2D eigenvalue weighted by molar-refractivity contribution is -0.910. The molecule has 0 aromatic heterocycles. The summed E-state index contributed by atoms with van der Waals surface area (Å²) in [4.78, 5) is 60.5. The molecule has 0 rings (SSSR count). The molecule has 0 aliphatic heterocycles. The molecule has 0 atom stereocenters. The van der Waals surface area contributed by atoms with Gasteiger partial charge in [0, 0.05) is 37.2 Å². The first-order chi connectivity index (χ1) is 57.9. The van der Waals surface area contributed by atoms with Gasteiger partial charge in [-0.05, 0) is 173 Å². The zero-order valence-corrected chi connectivity index (χ0v) is 82.9. The fourth-order valence-electron chi connectivity index (χ4n) is 16.2. The van der Waals surface area contributed by atoms with E-state index in [1.54, 1.807) is 0 Å². The van der Waals surface area contributed by atoms with Gasteiger partial charge in [-0.3, -0.25) is 14.4 Å². The minimum atomic E-state index is -0.998. The topological polar surface area (TPSA) is 232 Å². The molecule has 0 bridgehead atoms. The number of unbranched alkanes of at least 4 members (excludes halogenated alkanes) is 60. The Kier molecular flexibility index (Phi) is 113. The van der Waals surface area contributed by atoms with Crippen LogP contribution in [0.5, 0.6) is 0 Å². The molecule has 0 aliphatic rings. The molecule has 0 saturated heterocycles. The summed E-state index contributed by atoms with van der Waals surface area (Å²) in [5.41, 5.74) is 0. The summed E-state index contributed by atoms with van der Waals surface area (Å²) in [7, 11) is 7.68. The molecule has 0 aromatic rings. The summed E-state index contributed by atoms with van der Waals surface area (Å²) < 4.78 is 4.07. The van der Waals surface area contributed by atoms with Crippen LogP contribution < -0.4 is 15.3 Å². The Morgan fingerprint density at radius 1 is 0.158 bits per heavy atom. The lowest BCUT2D eigenvalue weighted by Crippen LogP contribution is -2.46. The zero-order valence-electron chi connectivity index (χ0n) is 82.9. The molecule has 0 radical (unpaired) electrons. The van der Waals surface area contributed by atoms with E-state index < -0.39 is 35.8 Å². The van der Waals surface area contributed by atoms with Crippen LogP contribution in [0.1, 0.15) is 563 Å². The van der Waals surface area contributed by atoms with E-state index in [-0.39, 0.29) is 38.5 Å². The van der Waals surface area contributed by atoms with Crippen LogP contribution in [0.2, 0.25) is 0 Å². The molecule has 0 amide bonds. The normalized spacial score (nSPS) is 11.3. The van der Waals surface area contributed by atoms with Crippen LogP contribution in [0, 0.1) is 0 Å². The standard InChI is InChI=1S/3C25H54N.3C10H18O4/c3*1-5-8-11-14-17-20-23-26(4,24-21-18-15-12-9-6-2)25-22-19-16-13-10-7-3;3*11-9(12)7-5-3-1-2-4-6-8-10(13)14/h3*5-25H2,1-4H3;3*1-8H2,(H,11,12)(H,13,14)/q3*+1;;;/p-3. The Morgan fingerprint density at radius 3 is 0.350 bits per heavy atom. The van der Waals surface area contributed by atoms with Crippen LogP contribution >= 0.6 is 0 Å². The van der Waals surface area contributed by atoms with Crippen LogP contribution in [-0.4, -0.2) is 145 Å². The van der Waals surface area contributed by atoms with Gasteiger partial charge in [0.1, 0.15) is 0 Å². The number of carbonyl (C=O) groups is 6. The SMILES string of the molecule is CCCCCCCC[N+](C)(CCCCCCCC)CCCCCCCC.CCCCCCCC[N+](C)(CCCCCCCC)CCCCCCCC.CCCCCCCC[N+](C)(CCCCCCCC)CCCCCCCC.O=C(O)CCCCCCCCC(=O)O.O=C([O-])CCCCCCCCC(=O)O.O=C([O-])CCCCCCCCC(=O)[O-]. The van der Waals surface area contributed by atoms with Gasteiger partial charge in [0.2, 0.25) is 0 Å². The summed E-state index contributed by atoms with van der Waals surface area (Å²) in [6.07, 6.45) is 94.2. The van der Waals surface area contributed by atoms with Crippen molar-refractivity contribution >= 4 is 35.8 Å². The van der Waals surface area contributed by atoms with Crippen molar-refractivity contribution < 1.29 is 72.9 Å². The van der Waals surface area contributed by atoms with Crippen LogP contribution in [0.4, 0.5) is 0 Å². The third-order valence-electron chi connectivity index (χ3n) is 24.5. The van der Waals surface area contributed by atoms with Gasteiger partial charge in [0.15, 0.2) is 0 Å². The fraction of sp³-hybridized carbons (Fsp3) is 0.943. The molecule has 15 nitrogen and oxygen atoms in total. The second kappa shape index (κ2) is 106. The van der Waals surface area contributed by atoms with Gasteiger partial charge in [-0.15, -0.1) is 0 Å². The molecular weight excluding hydrogens is 1500 g/mol. The van der Waals surface area contributed by atoms with Gasteiger partial charge in [0.25, 0.3) is 0 Å². The molecule has 0 aliphatic carbocycles. The van der Waals surface area contributed by atoms with Crippen LogP contribution in [0.3, 0.4) is 0 Å². The van der Waals surface area contributed by atoms with E-state index in [9.17, 15) is 44.1 Å². The van der Waals surface area contributed by atoms with E-state index in [0.717, 1.165) is 96.3 Å². The van der Waals surface area contributed by atoms with Crippen molar-refractivity contribution in [3.05, 3.63) is 0 Å². The first-order valence-corrected chi connectivity index (χ1v) is 52.7. The van der Waals surface area contributed by atoms with E-state index in [1.807, 2.05) is 0 Å². The summed E-state index contributed by atoms with van der Waals surface area (Å²) in [5, 5.41) is 55.1. The number of hydrogen-bond acceptors (Lipinski definition) is 9. The van der Waals surface area contributed by atoms with Crippen molar-refractivity contribution in [3.8, 4) is 0 Å². The molecule has 15 heteroatoms. The number of carboxylic acid groups (broad SMARTS) is 6. The van der Waals surface area contributed by atoms with Crippen molar-refractivity contribution in [2.24, 2.45) is 0 Å². The molecule has 3 N–H and O–H groups in total. The Bertz CT molecular complexity index is 1650. The van der Waals surface area contributed by atoms with Crippen molar-refractivity contribution in [1.82, 2.24) is 0 Å². The van der Waals surface area contributed by atoms with E-state index in [2.05, 4.69) is 83.5 Å². The van der Waals surface area contributed by atoms with Crippen molar-refractivity contribution in [2.45, 2.75) is 563 Å². The summed E-state index contributed by atoms with van der Waals surface area (Å²) in [6.45, 7) is 33.7. The van der Waals surface area contributed by atoms with Gasteiger partial charge in [0.05, 0.1) is 80.0 Å². The molecule has 0 saturated carbocycles. The quantitative estimate of drug-likeness (QED) is 0.0381. The highest BCUT2D eigenvalue weighted by Gasteiger charge is 2.23. The molecule has 0 aromatic carbocycles. The highest BCUT2D eigenvalue weighted by Crippen LogP contribution is 2.22. The molecule has 720 valence electrons. The van der Waals surface area contributed by atoms with E-state index >= 15 is 0 Å². The summed E-state index contributed by atoms with van der Waals surface area (Å²) in [6, 6.07) is 0. The molecule has 120 heavy (non-hydrogen) atoms. The van der Waals surface area contributed by atoms with Gasteiger partial charge in [-0.1, -0.05) is 371 Å². The van der Waals surface area contributed by atoms with Crippen molar-refractivity contribution in [2.75, 3.05) is 80.0 Å². The lowest BCUT2D eigenvalue weighted by Gasteiger charge is -2.35. The van der Waals surface area contributed by atoms with Gasteiger partial charge >= 0.3 is 17.9 Å². The highest BCUT2D eigenvalue weighted by molar-refractivity contribution is 5.67. The molecule has 0 heterocycles. The monoisotopic (exact) mass is 1710 g/mol. The predicted molar refractivity (Wildman–Crippen MR) is 511 cm³/mol. The van der Waals surface area contributed by atoms with Crippen molar-refractivity contribution in [1.29, 1.82) is 0 Å². The van der Waals surface area contributed by atoms with Crippen LogP contribution in [0.15, 0.2) is 0 Å². The van der Waals surface area contributed by atoms with Crippen LogP contribution in [0.25, 0.3) is 0 Å². The van der Waals surface area contributed by atoms with E-state index in [0.29, 0.717) is 19.3 Å². The Balaban J connectivity index is -0.000000332. The minimum Gasteiger partial charge on any atom is -0.550 e. The first-order valence-electron chi connectivity index (χ1n) is 52.7. The maximum absolute atomic E-state index is 10.1. The lowest BCUT2D eigenvalue weighted by atomic mass is 10.1. The van der Waals surface area contributed by atoms with E-state index in [1.165, 1.54) is 419 Å². The third kappa shape index (κ3) is 121. The Morgan fingerprint density at radius 2 is 0.250 bits per heavy atom. The maximum atomic E-state index is 10.1. The summed E-state index contributed by atoms with van der Waals surface area (Å²) in [5.74, 6) is -5.21. The average Bonchev–Trinajstić information content (AvgIpc) is 0.913. The smallest absolute Gasteiger partial charge is 0.303 e. The Hall–Kier alpha value is -3.30. The second-order valence-corrected chi connectivity index (χ2v) is 37.4. The minimum absolute atomic E-state index is 0.124. The number of quaternary nitrogens is 3. The van der Waals surface area contributed by atoms with E-state index in [4.69, 9.17) is 15.3 Å². The first kappa shape index (κ1) is 127. The number of aliphatic carboxylic acids is 6. The highest BCUT2D eigenvalue weighted by atomic mass is 16.4. The van der Waals surface area contributed by atoms with Crippen LogP contribution in [-0.2, 0) is 28.8 Å².